The molecule has 1 heterocycles. The van der Waals surface area contributed by atoms with Gasteiger partial charge >= 0.3 is 0 Å². The summed E-state index contributed by atoms with van der Waals surface area (Å²) in [5, 5.41) is 13.1. The number of benzene rings is 1. The average Bonchev–Trinajstić information content (AvgIpc) is 3.01. The smallest absolute Gasteiger partial charge is 0.272 e. The molecule has 0 radical (unpaired) electrons. The van der Waals surface area contributed by atoms with Gasteiger partial charge in [0.2, 0.25) is 0 Å². The number of phenols is 1. The molecule has 0 bridgehead atoms. The summed E-state index contributed by atoms with van der Waals surface area (Å²) in [6, 6.07) is 4.79. The van der Waals surface area contributed by atoms with Gasteiger partial charge in [-0.1, -0.05) is 6.07 Å². The van der Waals surface area contributed by atoms with Crippen LogP contribution in [0.15, 0.2) is 27.8 Å². The van der Waals surface area contributed by atoms with Gasteiger partial charge in [-0.25, -0.2) is 0 Å². The Morgan fingerprint density at radius 1 is 1.33 bits per heavy atom. The maximum absolute atomic E-state index is 12.6. The minimum absolute atomic E-state index is 0.0167. The van der Waals surface area contributed by atoms with E-state index in [1.54, 1.807) is 11.0 Å². The van der Waals surface area contributed by atoms with Gasteiger partial charge in [-0.3, -0.25) is 14.4 Å². The van der Waals surface area contributed by atoms with E-state index in [2.05, 4.69) is 5.32 Å². The van der Waals surface area contributed by atoms with Gasteiger partial charge in [0.05, 0.1) is 18.4 Å². The summed E-state index contributed by atoms with van der Waals surface area (Å²) in [4.78, 5) is 37.3. The van der Waals surface area contributed by atoms with Crippen molar-refractivity contribution in [3.63, 3.8) is 0 Å². The fourth-order valence-corrected chi connectivity index (χ4v) is 3.02. The molecule has 1 atom stereocenters. The number of carbonyl (C=O) groups excluding carboxylic acids is 1. The van der Waals surface area contributed by atoms with E-state index in [0.29, 0.717) is 6.54 Å². The van der Waals surface area contributed by atoms with Crippen LogP contribution in [0.4, 0.5) is 11.4 Å². The molecular weight excluding hydrogens is 312 g/mol. The van der Waals surface area contributed by atoms with Crippen LogP contribution in [0.25, 0.3) is 0 Å². The third-order valence-electron chi connectivity index (χ3n) is 4.41. The van der Waals surface area contributed by atoms with Gasteiger partial charge in [0.15, 0.2) is 11.5 Å². The van der Waals surface area contributed by atoms with Crippen molar-refractivity contribution in [2.24, 2.45) is 0 Å². The molecule has 7 heteroatoms. The zero-order valence-electron chi connectivity index (χ0n) is 13.5. The number of ether oxygens (including phenoxy) is 1. The van der Waals surface area contributed by atoms with Crippen molar-refractivity contribution in [2.75, 3.05) is 19.0 Å². The number of anilines is 2. The monoisotopic (exact) mass is 330 g/mol. The van der Waals surface area contributed by atoms with Gasteiger partial charge in [0.1, 0.15) is 5.69 Å². The van der Waals surface area contributed by atoms with Gasteiger partial charge in [-0.05, 0) is 31.9 Å². The first-order valence-corrected chi connectivity index (χ1v) is 7.73. The van der Waals surface area contributed by atoms with Crippen LogP contribution in [0.5, 0.6) is 11.5 Å². The van der Waals surface area contributed by atoms with Crippen LogP contribution < -0.4 is 20.9 Å². The molecule has 2 N–H and O–H groups in total. The van der Waals surface area contributed by atoms with E-state index in [9.17, 15) is 19.5 Å². The summed E-state index contributed by atoms with van der Waals surface area (Å²) >= 11 is 0. The first kappa shape index (κ1) is 16.0. The average molecular weight is 330 g/mol. The van der Waals surface area contributed by atoms with Gasteiger partial charge in [0.25, 0.3) is 16.8 Å². The van der Waals surface area contributed by atoms with Gasteiger partial charge in [-0.15, -0.1) is 0 Å². The van der Waals surface area contributed by atoms with Crippen molar-refractivity contribution in [3.05, 3.63) is 44.2 Å². The summed E-state index contributed by atoms with van der Waals surface area (Å²) < 4.78 is 4.86. The van der Waals surface area contributed by atoms with Crippen molar-refractivity contribution in [1.82, 2.24) is 4.90 Å². The zero-order valence-corrected chi connectivity index (χ0v) is 13.5. The molecule has 1 fully saturated rings. The van der Waals surface area contributed by atoms with E-state index < -0.39 is 10.9 Å². The van der Waals surface area contributed by atoms with E-state index in [4.69, 9.17) is 4.74 Å². The predicted molar refractivity (Wildman–Crippen MR) is 89.0 cm³/mol. The molecule has 1 aliphatic heterocycles. The highest BCUT2D eigenvalue weighted by atomic mass is 16.5. The molecule has 24 heavy (non-hydrogen) atoms. The van der Waals surface area contributed by atoms with E-state index in [1.807, 2.05) is 6.92 Å². The number of nitrogens with zero attached hydrogens (tertiary/aromatic N) is 1. The number of nitrogens with one attached hydrogen (secondary N) is 1. The Morgan fingerprint density at radius 2 is 2.08 bits per heavy atom. The van der Waals surface area contributed by atoms with E-state index in [0.717, 1.165) is 12.8 Å². The summed E-state index contributed by atoms with van der Waals surface area (Å²) in [5.41, 5.74) is -1.10. The molecule has 3 rings (SSSR count). The van der Waals surface area contributed by atoms with Gasteiger partial charge in [-0.2, -0.15) is 0 Å². The van der Waals surface area contributed by atoms with Crippen molar-refractivity contribution >= 4 is 17.3 Å². The molecule has 0 aliphatic carbocycles. The highest BCUT2D eigenvalue weighted by Gasteiger charge is 2.29. The number of para-hydroxylation sites is 1. The van der Waals surface area contributed by atoms with Crippen LogP contribution in [-0.2, 0) is 0 Å². The van der Waals surface area contributed by atoms with E-state index in [1.165, 1.54) is 19.2 Å². The van der Waals surface area contributed by atoms with Crippen LogP contribution in [0.3, 0.4) is 0 Å². The van der Waals surface area contributed by atoms with Crippen molar-refractivity contribution in [1.29, 1.82) is 0 Å². The standard InChI is InChI=1S/C17H18N2O5/c1-9-5-4-8-19(9)17(23)10-6-3-7-11(13(10)20)18-12-14(21)15(22)16(12)24-2/h3,6-7,9,18,20H,4-5,8H2,1-2H3. The third kappa shape index (κ3) is 2.42. The molecule has 2 aromatic rings. The molecule has 1 aliphatic rings. The predicted octanol–water partition coefficient (Wildman–Crippen LogP) is 1.36. The minimum Gasteiger partial charge on any atom is -0.505 e. The molecule has 0 saturated carbocycles. The lowest BCUT2D eigenvalue weighted by Crippen LogP contribution is -2.35. The Balaban J connectivity index is 1.91. The van der Waals surface area contributed by atoms with Crippen LogP contribution in [-0.4, -0.2) is 35.6 Å². The Hall–Kier alpha value is -2.83. The Labute approximate surface area is 138 Å². The number of rotatable bonds is 4. The number of aromatic hydroxyl groups is 1. The fraction of sp³-hybridized carbons (Fsp3) is 0.353. The van der Waals surface area contributed by atoms with E-state index >= 15 is 0 Å². The Bertz CT molecular complexity index is 866. The molecule has 0 aromatic heterocycles. The van der Waals surface area contributed by atoms with E-state index in [-0.39, 0.29) is 40.4 Å². The SMILES string of the molecule is COc1c(Nc2cccc(C(=O)N3CCCC3C)c2O)c(=O)c1=O. The number of carbonyl (C=O) groups is 1. The van der Waals surface area contributed by atoms with Crippen LogP contribution >= 0.6 is 0 Å². The number of hydrogen-bond donors (Lipinski definition) is 2. The second-order valence-electron chi connectivity index (χ2n) is 5.88. The summed E-state index contributed by atoms with van der Waals surface area (Å²) in [7, 11) is 1.29. The van der Waals surface area contributed by atoms with Crippen LogP contribution in [0.1, 0.15) is 30.1 Å². The molecule has 2 aromatic carbocycles. The third-order valence-corrected chi connectivity index (χ3v) is 4.41. The van der Waals surface area contributed by atoms with Crippen molar-refractivity contribution in [2.45, 2.75) is 25.8 Å². The normalized spacial score (nSPS) is 17.2. The maximum atomic E-state index is 12.6. The lowest BCUT2D eigenvalue weighted by Gasteiger charge is -2.22. The summed E-state index contributed by atoms with van der Waals surface area (Å²) in [5.74, 6) is -0.584. The molecule has 126 valence electrons. The van der Waals surface area contributed by atoms with Gasteiger partial charge < -0.3 is 20.1 Å². The Kier molecular flexibility index (Phi) is 4.01. The summed E-state index contributed by atoms with van der Waals surface area (Å²) in [6.45, 7) is 2.63. The molecular formula is C17H18N2O5. The second-order valence-corrected chi connectivity index (χ2v) is 5.88. The van der Waals surface area contributed by atoms with Crippen LogP contribution in [0.2, 0.25) is 0 Å². The molecule has 7 nitrogen and oxygen atoms in total. The highest BCUT2D eigenvalue weighted by molar-refractivity contribution is 5.99. The number of methoxy groups -OCH3 is 1. The zero-order chi connectivity index (χ0) is 17.4. The maximum Gasteiger partial charge on any atom is 0.272 e. The topological polar surface area (TPSA) is 95.9 Å². The molecule has 1 unspecified atom stereocenters. The first-order chi connectivity index (χ1) is 11.5. The quantitative estimate of drug-likeness (QED) is 0.649. The lowest BCUT2D eigenvalue weighted by molar-refractivity contribution is 0.0744. The molecule has 0 spiro atoms. The minimum atomic E-state index is -0.712. The molecule has 1 amide bonds. The van der Waals surface area contributed by atoms with Crippen molar-refractivity contribution in [3.8, 4) is 11.5 Å². The van der Waals surface area contributed by atoms with Crippen LogP contribution in [0, 0.1) is 0 Å². The van der Waals surface area contributed by atoms with Crippen molar-refractivity contribution < 1.29 is 14.6 Å². The van der Waals surface area contributed by atoms with Gasteiger partial charge in [0, 0.05) is 12.6 Å². The summed E-state index contributed by atoms with van der Waals surface area (Å²) in [6.07, 6.45) is 1.87. The largest absolute Gasteiger partial charge is 0.505 e. The highest BCUT2D eigenvalue weighted by Crippen LogP contribution is 2.33. The number of hydrogen-bond acceptors (Lipinski definition) is 6. The number of amides is 1. The second kappa shape index (κ2) is 5.99. The number of likely N-dealkylation sites (tertiary alicyclic amines) is 1. The molecule has 1 saturated heterocycles. The Morgan fingerprint density at radius 3 is 2.71 bits per heavy atom. The first-order valence-electron chi connectivity index (χ1n) is 7.73. The fourth-order valence-electron chi connectivity index (χ4n) is 3.02. The number of phenolic OH excluding ortho intramolecular Hbond substituents is 1. The lowest BCUT2D eigenvalue weighted by atomic mass is 10.1.